The van der Waals surface area contributed by atoms with Crippen molar-refractivity contribution in [3.05, 3.63) is 0 Å². The Morgan fingerprint density at radius 2 is 2.14 bits per heavy atom. The highest BCUT2D eigenvalue weighted by Gasteiger charge is 2.25. The summed E-state index contributed by atoms with van der Waals surface area (Å²) in [5, 5.41) is 2.89. The number of morpholine rings is 1. The number of likely N-dealkylation sites (N-methyl/N-ethyl adjacent to an activating group) is 1. The average molecular weight is 297 g/mol. The van der Waals surface area contributed by atoms with E-state index in [0.29, 0.717) is 13.0 Å². The third-order valence-electron chi connectivity index (χ3n) is 4.35. The van der Waals surface area contributed by atoms with Gasteiger partial charge in [-0.3, -0.25) is 14.5 Å². The summed E-state index contributed by atoms with van der Waals surface area (Å²) in [4.78, 5) is 28.2. The first-order valence-electron chi connectivity index (χ1n) is 7.98. The largest absolute Gasteiger partial charge is 0.379 e. The molecule has 2 saturated heterocycles. The van der Waals surface area contributed by atoms with Gasteiger partial charge in [0.05, 0.1) is 13.2 Å². The molecule has 2 amide bonds. The molecule has 0 aromatic rings. The predicted molar refractivity (Wildman–Crippen MR) is 79.9 cm³/mol. The van der Waals surface area contributed by atoms with Gasteiger partial charge < -0.3 is 15.0 Å². The Kier molecular flexibility index (Phi) is 6.45. The van der Waals surface area contributed by atoms with Gasteiger partial charge in [0.15, 0.2) is 0 Å². The van der Waals surface area contributed by atoms with Crippen LogP contribution in [0.1, 0.15) is 25.7 Å². The summed E-state index contributed by atoms with van der Waals surface area (Å²) in [5.41, 5.74) is 0. The third kappa shape index (κ3) is 5.28. The molecular formula is C15H27N3O3. The normalized spacial score (nSPS) is 24.2. The fourth-order valence-corrected chi connectivity index (χ4v) is 2.81. The minimum absolute atomic E-state index is 0.0439. The maximum Gasteiger partial charge on any atom is 0.223 e. The molecule has 21 heavy (non-hydrogen) atoms. The Morgan fingerprint density at radius 3 is 2.90 bits per heavy atom. The SMILES string of the molecule is CN(CCN1CCOCC1)C(=O)CC1CCCCNC1=O. The molecule has 2 heterocycles. The van der Waals surface area contributed by atoms with Gasteiger partial charge in [0.1, 0.15) is 0 Å². The van der Waals surface area contributed by atoms with Gasteiger partial charge in [0.2, 0.25) is 11.8 Å². The first-order chi connectivity index (χ1) is 10.2. The molecular weight excluding hydrogens is 270 g/mol. The number of nitrogens with one attached hydrogen (secondary N) is 1. The van der Waals surface area contributed by atoms with E-state index in [0.717, 1.165) is 58.7 Å². The minimum Gasteiger partial charge on any atom is -0.379 e. The Balaban J connectivity index is 1.72. The van der Waals surface area contributed by atoms with Crippen LogP contribution in [-0.4, -0.2) is 74.6 Å². The van der Waals surface area contributed by atoms with E-state index in [-0.39, 0.29) is 17.7 Å². The van der Waals surface area contributed by atoms with Gasteiger partial charge in [-0.05, 0) is 12.8 Å². The Labute approximate surface area is 126 Å². The molecule has 1 unspecified atom stereocenters. The molecule has 0 aliphatic carbocycles. The molecule has 0 bridgehead atoms. The topological polar surface area (TPSA) is 61.9 Å². The van der Waals surface area contributed by atoms with Crippen LogP contribution in [0.3, 0.4) is 0 Å². The molecule has 0 saturated carbocycles. The number of hydrogen-bond acceptors (Lipinski definition) is 4. The monoisotopic (exact) mass is 297 g/mol. The fourth-order valence-electron chi connectivity index (χ4n) is 2.81. The van der Waals surface area contributed by atoms with E-state index in [9.17, 15) is 9.59 Å². The standard InChI is InChI=1S/C15H27N3O3/c1-17(6-7-18-8-10-21-11-9-18)14(19)12-13-4-2-3-5-16-15(13)20/h13H,2-12H2,1H3,(H,16,20). The van der Waals surface area contributed by atoms with Crippen molar-refractivity contribution in [3.63, 3.8) is 0 Å². The molecule has 2 aliphatic heterocycles. The first kappa shape index (κ1) is 16.2. The van der Waals surface area contributed by atoms with Gasteiger partial charge in [0, 0.05) is 52.1 Å². The van der Waals surface area contributed by atoms with Gasteiger partial charge in [-0.15, -0.1) is 0 Å². The lowest BCUT2D eigenvalue weighted by atomic mass is 9.98. The second-order valence-corrected chi connectivity index (χ2v) is 5.96. The van der Waals surface area contributed by atoms with E-state index >= 15 is 0 Å². The van der Waals surface area contributed by atoms with E-state index in [2.05, 4.69) is 10.2 Å². The fraction of sp³-hybridized carbons (Fsp3) is 0.867. The van der Waals surface area contributed by atoms with Gasteiger partial charge in [-0.25, -0.2) is 0 Å². The summed E-state index contributed by atoms with van der Waals surface area (Å²) < 4.78 is 5.31. The quantitative estimate of drug-likeness (QED) is 0.781. The average Bonchev–Trinajstić information content (AvgIpc) is 2.71. The molecule has 1 atom stereocenters. The summed E-state index contributed by atoms with van der Waals surface area (Å²) in [5.74, 6) is -0.0291. The highest BCUT2D eigenvalue weighted by Crippen LogP contribution is 2.17. The Hall–Kier alpha value is -1.14. The number of carbonyl (C=O) groups is 2. The van der Waals surface area contributed by atoms with Crippen LogP contribution < -0.4 is 5.32 Å². The highest BCUT2D eigenvalue weighted by atomic mass is 16.5. The van der Waals surface area contributed by atoms with Crippen LogP contribution in [-0.2, 0) is 14.3 Å². The van der Waals surface area contributed by atoms with Gasteiger partial charge in [-0.2, -0.15) is 0 Å². The van der Waals surface area contributed by atoms with Crippen LogP contribution >= 0.6 is 0 Å². The lowest BCUT2D eigenvalue weighted by Crippen LogP contribution is -2.42. The molecule has 2 rings (SSSR count). The van der Waals surface area contributed by atoms with Crippen molar-refractivity contribution < 1.29 is 14.3 Å². The summed E-state index contributed by atoms with van der Waals surface area (Å²) in [6.07, 6.45) is 3.21. The zero-order valence-corrected chi connectivity index (χ0v) is 13.0. The summed E-state index contributed by atoms with van der Waals surface area (Å²) >= 11 is 0. The number of nitrogens with zero attached hydrogens (tertiary/aromatic N) is 2. The maximum absolute atomic E-state index is 12.2. The predicted octanol–water partition coefficient (Wildman–Crippen LogP) is 0.0834. The zero-order chi connectivity index (χ0) is 15.1. The lowest BCUT2D eigenvalue weighted by Gasteiger charge is -2.29. The van der Waals surface area contributed by atoms with Crippen molar-refractivity contribution in [1.82, 2.24) is 15.1 Å². The van der Waals surface area contributed by atoms with E-state index in [1.54, 1.807) is 4.90 Å². The number of amides is 2. The highest BCUT2D eigenvalue weighted by molar-refractivity contribution is 5.85. The van der Waals surface area contributed by atoms with Crippen molar-refractivity contribution in [3.8, 4) is 0 Å². The number of rotatable bonds is 5. The van der Waals surface area contributed by atoms with Crippen LogP contribution in [0.5, 0.6) is 0 Å². The lowest BCUT2D eigenvalue weighted by molar-refractivity contribution is -0.135. The van der Waals surface area contributed by atoms with Crippen LogP contribution in [0.2, 0.25) is 0 Å². The van der Waals surface area contributed by atoms with Crippen molar-refractivity contribution in [2.75, 3.05) is 53.0 Å². The molecule has 1 N–H and O–H groups in total. The Bertz CT molecular complexity index is 356. The smallest absolute Gasteiger partial charge is 0.223 e. The first-order valence-corrected chi connectivity index (χ1v) is 7.98. The van der Waals surface area contributed by atoms with Crippen molar-refractivity contribution >= 4 is 11.8 Å². The van der Waals surface area contributed by atoms with Crippen molar-refractivity contribution in [2.24, 2.45) is 5.92 Å². The van der Waals surface area contributed by atoms with Crippen LogP contribution in [0.4, 0.5) is 0 Å². The van der Waals surface area contributed by atoms with E-state index in [1.165, 1.54) is 0 Å². The third-order valence-corrected chi connectivity index (χ3v) is 4.35. The molecule has 6 nitrogen and oxygen atoms in total. The molecule has 0 spiro atoms. The van der Waals surface area contributed by atoms with E-state index < -0.39 is 0 Å². The van der Waals surface area contributed by atoms with Crippen LogP contribution in [0, 0.1) is 5.92 Å². The molecule has 2 fully saturated rings. The molecule has 2 aliphatic rings. The molecule has 0 aromatic carbocycles. The maximum atomic E-state index is 12.2. The number of hydrogen-bond donors (Lipinski definition) is 1. The molecule has 120 valence electrons. The summed E-state index contributed by atoms with van der Waals surface area (Å²) in [6.45, 7) is 5.77. The van der Waals surface area contributed by atoms with Crippen molar-refractivity contribution in [1.29, 1.82) is 0 Å². The summed E-state index contributed by atoms with van der Waals surface area (Å²) in [6, 6.07) is 0. The molecule has 6 heteroatoms. The zero-order valence-electron chi connectivity index (χ0n) is 13.0. The second-order valence-electron chi connectivity index (χ2n) is 5.96. The summed E-state index contributed by atoms with van der Waals surface area (Å²) in [7, 11) is 1.83. The Morgan fingerprint density at radius 1 is 1.38 bits per heavy atom. The van der Waals surface area contributed by atoms with Crippen LogP contribution in [0.15, 0.2) is 0 Å². The second kappa shape index (κ2) is 8.34. The van der Waals surface area contributed by atoms with E-state index in [1.807, 2.05) is 7.05 Å². The van der Waals surface area contributed by atoms with Crippen molar-refractivity contribution in [2.45, 2.75) is 25.7 Å². The van der Waals surface area contributed by atoms with Gasteiger partial charge >= 0.3 is 0 Å². The molecule has 0 aromatic heterocycles. The van der Waals surface area contributed by atoms with Crippen LogP contribution in [0.25, 0.3) is 0 Å². The number of carbonyl (C=O) groups excluding carboxylic acids is 2. The number of ether oxygens (including phenoxy) is 1. The minimum atomic E-state index is -0.147. The van der Waals surface area contributed by atoms with Gasteiger partial charge in [0.25, 0.3) is 0 Å². The van der Waals surface area contributed by atoms with Gasteiger partial charge in [-0.1, -0.05) is 6.42 Å². The van der Waals surface area contributed by atoms with E-state index in [4.69, 9.17) is 4.74 Å². The molecule has 0 radical (unpaired) electrons.